The van der Waals surface area contributed by atoms with Gasteiger partial charge in [-0.2, -0.15) is 0 Å². The van der Waals surface area contributed by atoms with Gasteiger partial charge < -0.3 is 15.2 Å². The van der Waals surface area contributed by atoms with Crippen LogP contribution in [0.1, 0.15) is 42.2 Å². The lowest BCUT2D eigenvalue weighted by Crippen LogP contribution is -2.27. The Balaban J connectivity index is 1.76. The Morgan fingerprint density at radius 2 is 2.15 bits per heavy atom. The zero-order valence-electron chi connectivity index (χ0n) is 15.1. The van der Waals surface area contributed by atoms with E-state index < -0.39 is 5.91 Å². The molecule has 2 N–H and O–H groups in total. The van der Waals surface area contributed by atoms with Crippen LogP contribution in [0, 0.1) is 0 Å². The van der Waals surface area contributed by atoms with Gasteiger partial charge in [-0.3, -0.25) is 9.69 Å². The molecule has 1 fully saturated rings. The van der Waals surface area contributed by atoms with Gasteiger partial charge in [-0.25, -0.2) is 0 Å². The summed E-state index contributed by atoms with van der Waals surface area (Å²) in [5.74, 6) is 0.673. The number of ether oxygens (including phenoxy) is 2. The van der Waals surface area contributed by atoms with Gasteiger partial charge in [0.2, 0.25) is 0 Å². The van der Waals surface area contributed by atoms with Gasteiger partial charge in [0, 0.05) is 17.5 Å². The Bertz CT molecular complexity index is 718. The average molecular weight is 375 g/mol. The number of hydrogen-bond donors (Lipinski definition) is 1. The second-order valence-electron chi connectivity index (χ2n) is 6.59. The van der Waals surface area contributed by atoms with Crippen molar-refractivity contribution in [2.75, 3.05) is 20.3 Å². The zero-order chi connectivity index (χ0) is 18.4. The highest BCUT2D eigenvalue weighted by Crippen LogP contribution is 2.35. The minimum atomic E-state index is -0.500. The number of amides is 1. The van der Waals surface area contributed by atoms with Crippen LogP contribution in [-0.2, 0) is 11.3 Å². The molecule has 26 heavy (non-hydrogen) atoms. The Labute approximate surface area is 158 Å². The molecule has 3 rings (SSSR count). The van der Waals surface area contributed by atoms with Gasteiger partial charge in [0.15, 0.2) is 18.1 Å². The van der Waals surface area contributed by atoms with E-state index in [9.17, 15) is 4.79 Å². The molecule has 0 spiro atoms. The van der Waals surface area contributed by atoms with E-state index >= 15 is 0 Å². The second kappa shape index (κ2) is 9.05. The summed E-state index contributed by atoms with van der Waals surface area (Å²) in [6.45, 7) is 1.82. The molecule has 5 nitrogen and oxygen atoms in total. The summed E-state index contributed by atoms with van der Waals surface area (Å²) in [6.07, 6.45) is 5.01. The summed E-state index contributed by atoms with van der Waals surface area (Å²) < 4.78 is 10.9. The maximum Gasteiger partial charge on any atom is 0.255 e. The molecule has 1 unspecified atom stereocenters. The van der Waals surface area contributed by atoms with Gasteiger partial charge in [-0.15, -0.1) is 11.3 Å². The first kappa shape index (κ1) is 18.7. The van der Waals surface area contributed by atoms with Crippen LogP contribution < -0.4 is 15.2 Å². The fourth-order valence-corrected chi connectivity index (χ4v) is 4.37. The van der Waals surface area contributed by atoms with E-state index in [4.69, 9.17) is 15.2 Å². The Hall–Kier alpha value is -2.05. The first-order valence-corrected chi connectivity index (χ1v) is 9.91. The molecule has 0 aliphatic carbocycles. The number of thiophene rings is 1. The number of likely N-dealkylation sites (tertiary alicyclic amines) is 1. The molecule has 1 aliphatic rings. The molecule has 0 saturated carbocycles. The van der Waals surface area contributed by atoms with E-state index in [2.05, 4.69) is 22.4 Å². The van der Waals surface area contributed by atoms with Crippen LogP contribution in [0.4, 0.5) is 0 Å². The fraction of sp³-hybridized carbons (Fsp3) is 0.450. The van der Waals surface area contributed by atoms with Crippen molar-refractivity contribution in [2.24, 2.45) is 5.73 Å². The van der Waals surface area contributed by atoms with E-state index in [0.717, 1.165) is 13.1 Å². The SMILES string of the molecule is COc1cc(CN2CCCCCC2c2cccs2)ccc1OCC(N)=O. The molecule has 0 bridgehead atoms. The summed E-state index contributed by atoms with van der Waals surface area (Å²) in [4.78, 5) is 14.9. The summed E-state index contributed by atoms with van der Waals surface area (Å²) in [5, 5.41) is 2.16. The molecule has 1 aliphatic heterocycles. The molecule has 1 amide bonds. The second-order valence-corrected chi connectivity index (χ2v) is 7.57. The van der Waals surface area contributed by atoms with Crippen LogP contribution in [-0.4, -0.2) is 31.1 Å². The van der Waals surface area contributed by atoms with Crippen LogP contribution in [0.15, 0.2) is 35.7 Å². The monoisotopic (exact) mass is 374 g/mol. The summed E-state index contributed by atoms with van der Waals surface area (Å²) in [6, 6.07) is 10.7. The van der Waals surface area contributed by atoms with E-state index in [-0.39, 0.29) is 6.61 Å². The van der Waals surface area contributed by atoms with E-state index in [1.165, 1.54) is 36.1 Å². The highest BCUT2D eigenvalue weighted by atomic mass is 32.1. The van der Waals surface area contributed by atoms with Crippen molar-refractivity contribution in [3.8, 4) is 11.5 Å². The van der Waals surface area contributed by atoms with Crippen LogP contribution in [0.2, 0.25) is 0 Å². The molecular weight excluding hydrogens is 348 g/mol. The van der Waals surface area contributed by atoms with Crippen LogP contribution in [0.5, 0.6) is 11.5 Å². The predicted molar refractivity (Wildman–Crippen MR) is 104 cm³/mol. The van der Waals surface area contributed by atoms with Gasteiger partial charge in [0.1, 0.15) is 0 Å². The summed E-state index contributed by atoms with van der Waals surface area (Å²) in [7, 11) is 1.61. The predicted octanol–water partition coefficient (Wildman–Crippen LogP) is 3.74. The third-order valence-corrected chi connectivity index (χ3v) is 5.69. The molecule has 2 heterocycles. The molecule has 1 aromatic heterocycles. The van der Waals surface area contributed by atoms with Crippen molar-refractivity contribution in [3.63, 3.8) is 0 Å². The Morgan fingerprint density at radius 3 is 2.88 bits per heavy atom. The average Bonchev–Trinajstić information content (AvgIpc) is 3.07. The number of rotatable bonds is 7. The smallest absolute Gasteiger partial charge is 0.255 e. The number of carbonyl (C=O) groups excluding carboxylic acids is 1. The molecule has 0 radical (unpaired) electrons. The number of nitrogens with two attached hydrogens (primary N) is 1. The zero-order valence-corrected chi connectivity index (χ0v) is 16.0. The van der Waals surface area contributed by atoms with Crippen molar-refractivity contribution >= 4 is 17.2 Å². The van der Waals surface area contributed by atoms with E-state index in [1.807, 2.05) is 29.5 Å². The quantitative estimate of drug-likeness (QED) is 0.802. The molecule has 2 aromatic rings. The van der Waals surface area contributed by atoms with Crippen molar-refractivity contribution in [1.82, 2.24) is 4.90 Å². The number of methoxy groups -OCH3 is 1. The summed E-state index contributed by atoms with van der Waals surface area (Å²) >= 11 is 1.84. The number of hydrogen-bond acceptors (Lipinski definition) is 5. The Morgan fingerprint density at radius 1 is 1.27 bits per heavy atom. The molecule has 1 aromatic carbocycles. The number of carbonyl (C=O) groups is 1. The first-order valence-electron chi connectivity index (χ1n) is 9.03. The van der Waals surface area contributed by atoms with E-state index in [1.54, 1.807) is 7.11 Å². The lowest BCUT2D eigenvalue weighted by molar-refractivity contribution is -0.119. The standard InChI is InChI=1S/C20H26N2O3S/c1-24-18-12-15(8-9-17(18)25-14-20(21)23)13-22-10-4-2-3-6-16(22)19-7-5-11-26-19/h5,7-9,11-12,16H,2-4,6,10,13-14H2,1H3,(H2,21,23). The highest BCUT2D eigenvalue weighted by molar-refractivity contribution is 7.10. The van der Waals surface area contributed by atoms with Crippen LogP contribution in [0.25, 0.3) is 0 Å². The highest BCUT2D eigenvalue weighted by Gasteiger charge is 2.23. The lowest BCUT2D eigenvalue weighted by atomic mass is 10.1. The van der Waals surface area contributed by atoms with Crippen molar-refractivity contribution in [2.45, 2.75) is 38.3 Å². The normalized spacial score (nSPS) is 18.3. The van der Waals surface area contributed by atoms with Gasteiger partial charge in [-0.1, -0.05) is 25.0 Å². The molecule has 140 valence electrons. The van der Waals surface area contributed by atoms with Crippen LogP contribution in [0.3, 0.4) is 0 Å². The summed E-state index contributed by atoms with van der Waals surface area (Å²) in [5.41, 5.74) is 6.33. The van der Waals surface area contributed by atoms with Gasteiger partial charge in [-0.05, 0) is 48.5 Å². The number of nitrogens with zero attached hydrogens (tertiary/aromatic N) is 1. The van der Waals surface area contributed by atoms with Gasteiger partial charge in [0.05, 0.1) is 7.11 Å². The Kier molecular flexibility index (Phi) is 6.52. The first-order chi connectivity index (χ1) is 12.7. The number of primary amides is 1. The largest absolute Gasteiger partial charge is 0.493 e. The number of benzene rings is 1. The minimum absolute atomic E-state index is 0.151. The lowest BCUT2D eigenvalue weighted by Gasteiger charge is -2.29. The minimum Gasteiger partial charge on any atom is -0.493 e. The van der Waals surface area contributed by atoms with E-state index in [0.29, 0.717) is 17.5 Å². The van der Waals surface area contributed by atoms with Crippen LogP contribution >= 0.6 is 11.3 Å². The molecule has 1 atom stereocenters. The molecule has 1 saturated heterocycles. The maximum absolute atomic E-state index is 10.9. The third-order valence-electron chi connectivity index (χ3n) is 4.72. The van der Waals surface area contributed by atoms with Gasteiger partial charge >= 0.3 is 0 Å². The molecule has 6 heteroatoms. The van der Waals surface area contributed by atoms with Crippen molar-refractivity contribution < 1.29 is 14.3 Å². The maximum atomic E-state index is 10.9. The third kappa shape index (κ3) is 4.77. The topological polar surface area (TPSA) is 64.8 Å². The fourth-order valence-electron chi connectivity index (χ4n) is 3.47. The molecular formula is C20H26N2O3S. The van der Waals surface area contributed by atoms with Gasteiger partial charge in [0.25, 0.3) is 5.91 Å². The van der Waals surface area contributed by atoms with Crippen molar-refractivity contribution in [1.29, 1.82) is 0 Å². The van der Waals surface area contributed by atoms with Crippen molar-refractivity contribution in [3.05, 3.63) is 46.2 Å².